The van der Waals surface area contributed by atoms with Crippen molar-refractivity contribution in [2.24, 2.45) is 0 Å². The van der Waals surface area contributed by atoms with Crippen LogP contribution in [-0.4, -0.2) is 31.9 Å². The Balaban J connectivity index is 1.75. The van der Waals surface area contributed by atoms with Gasteiger partial charge in [0.1, 0.15) is 11.5 Å². The zero-order chi connectivity index (χ0) is 26.6. The lowest BCUT2D eigenvalue weighted by Crippen LogP contribution is -2.03. The molecule has 0 saturated heterocycles. The summed E-state index contributed by atoms with van der Waals surface area (Å²) < 4.78 is 42.7. The predicted octanol–water partition coefficient (Wildman–Crippen LogP) is 8.65. The van der Waals surface area contributed by atoms with Crippen molar-refractivity contribution in [3.05, 3.63) is 61.2 Å². The maximum Gasteiger partial charge on any atom is 0.264 e. The molecule has 0 fully saturated rings. The van der Waals surface area contributed by atoms with Crippen LogP contribution >= 0.6 is 0 Å². The average Bonchev–Trinajstić information content (AvgIpc) is 2.88. The molecule has 0 atom stereocenters. The van der Waals surface area contributed by atoms with Gasteiger partial charge in [-0.1, -0.05) is 100 Å². The Hall–Kier alpha value is -2.31. The van der Waals surface area contributed by atoms with Gasteiger partial charge in [0, 0.05) is 0 Å². The molecule has 5 nitrogen and oxygen atoms in total. The summed E-state index contributed by atoms with van der Waals surface area (Å²) in [7, 11) is -3.81. The molecule has 0 aromatic heterocycles. The van der Waals surface area contributed by atoms with Gasteiger partial charge in [0.25, 0.3) is 10.1 Å². The minimum absolute atomic E-state index is 0.127. The Bertz CT molecular complexity index is 972. The van der Waals surface area contributed by atoms with E-state index in [1.54, 1.807) is 0 Å². The van der Waals surface area contributed by atoms with E-state index in [2.05, 4.69) is 18.7 Å². The Morgan fingerprint density at radius 1 is 0.649 bits per heavy atom. The van der Waals surface area contributed by atoms with Crippen molar-refractivity contribution in [1.82, 2.24) is 0 Å². The number of rotatable bonds is 22. The molecule has 0 amide bonds. The van der Waals surface area contributed by atoms with Crippen LogP contribution in [0.5, 0.6) is 11.5 Å². The zero-order valence-corrected chi connectivity index (χ0v) is 23.2. The number of unbranched alkanes of at least 4 members (excludes halogenated alkanes) is 12. The van der Waals surface area contributed by atoms with Gasteiger partial charge in [-0.05, 0) is 49.8 Å². The molecule has 0 aliphatic heterocycles. The molecule has 2 aromatic carbocycles. The number of benzene rings is 2. The second-order valence-corrected chi connectivity index (χ2v) is 11.2. The van der Waals surface area contributed by atoms with Crippen LogP contribution < -0.4 is 9.47 Å². The van der Waals surface area contributed by atoms with Crippen LogP contribution in [0.15, 0.2) is 61.2 Å². The van der Waals surface area contributed by atoms with E-state index >= 15 is 0 Å². The van der Waals surface area contributed by atoms with E-state index in [1.807, 2.05) is 42.5 Å². The standard InChI is InChI=1S/C31H46O5S/c1-2-3-4-5-8-11-17-25-35-29-23-20-24-30(31(29)28-21-15-14-16-22-28)36-26-18-12-9-6-7-10-13-19-27-37(32,33)34/h2,14-16,20-24H,1,3-13,17-19,25-27H2,(H,32,33,34). The van der Waals surface area contributed by atoms with Crippen LogP contribution in [0.2, 0.25) is 0 Å². The van der Waals surface area contributed by atoms with Crippen molar-refractivity contribution < 1.29 is 22.4 Å². The first-order chi connectivity index (χ1) is 18.0. The highest BCUT2D eigenvalue weighted by molar-refractivity contribution is 7.85. The lowest BCUT2D eigenvalue weighted by molar-refractivity contribution is 0.292. The van der Waals surface area contributed by atoms with Gasteiger partial charge in [0.2, 0.25) is 0 Å². The molecule has 37 heavy (non-hydrogen) atoms. The van der Waals surface area contributed by atoms with E-state index in [-0.39, 0.29) is 5.75 Å². The first-order valence-electron chi connectivity index (χ1n) is 14.0. The minimum Gasteiger partial charge on any atom is -0.493 e. The maximum atomic E-state index is 10.7. The van der Waals surface area contributed by atoms with Crippen LogP contribution in [-0.2, 0) is 10.1 Å². The quantitative estimate of drug-likeness (QED) is 0.0937. The monoisotopic (exact) mass is 530 g/mol. The van der Waals surface area contributed by atoms with Crippen LogP contribution in [0.3, 0.4) is 0 Å². The molecule has 6 heteroatoms. The van der Waals surface area contributed by atoms with Gasteiger partial charge in [-0.15, -0.1) is 6.58 Å². The average molecular weight is 531 g/mol. The van der Waals surface area contributed by atoms with Gasteiger partial charge in [-0.25, -0.2) is 0 Å². The number of allylic oxidation sites excluding steroid dienone is 1. The third kappa shape index (κ3) is 14.3. The largest absolute Gasteiger partial charge is 0.493 e. The van der Waals surface area contributed by atoms with E-state index in [4.69, 9.17) is 14.0 Å². The summed E-state index contributed by atoms with van der Waals surface area (Å²) >= 11 is 0. The molecular formula is C31H46O5S. The molecule has 206 valence electrons. The summed E-state index contributed by atoms with van der Waals surface area (Å²) in [4.78, 5) is 0. The molecule has 0 aliphatic rings. The fourth-order valence-electron chi connectivity index (χ4n) is 4.37. The molecule has 2 aromatic rings. The Labute approximate surface area is 225 Å². The lowest BCUT2D eigenvalue weighted by Gasteiger charge is -2.17. The minimum atomic E-state index is -3.81. The molecule has 0 spiro atoms. The topological polar surface area (TPSA) is 72.8 Å². The summed E-state index contributed by atoms with van der Waals surface area (Å²) in [6, 6.07) is 16.4. The van der Waals surface area contributed by atoms with E-state index in [0.29, 0.717) is 19.6 Å². The van der Waals surface area contributed by atoms with Gasteiger partial charge < -0.3 is 9.47 Å². The van der Waals surface area contributed by atoms with Crippen molar-refractivity contribution in [3.63, 3.8) is 0 Å². The smallest absolute Gasteiger partial charge is 0.264 e. The number of hydrogen-bond acceptors (Lipinski definition) is 4. The maximum absolute atomic E-state index is 10.7. The van der Waals surface area contributed by atoms with Crippen LogP contribution in [0.25, 0.3) is 11.1 Å². The van der Waals surface area contributed by atoms with Gasteiger partial charge in [-0.2, -0.15) is 8.42 Å². The highest BCUT2D eigenvalue weighted by Crippen LogP contribution is 2.38. The van der Waals surface area contributed by atoms with Crippen molar-refractivity contribution >= 4 is 10.1 Å². The Morgan fingerprint density at radius 3 is 1.65 bits per heavy atom. The van der Waals surface area contributed by atoms with Crippen molar-refractivity contribution in [2.45, 2.75) is 89.9 Å². The Morgan fingerprint density at radius 2 is 1.14 bits per heavy atom. The van der Waals surface area contributed by atoms with Crippen LogP contribution in [0.1, 0.15) is 89.9 Å². The van der Waals surface area contributed by atoms with E-state index in [9.17, 15) is 8.42 Å². The van der Waals surface area contributed by atoms with E-state index in [1.165, 1.54) is 25.7 Å². The fraction of sp³-hybridized carbons (Fsp3) is 0.548. The molecule has 0 aliphatic carbocycles. The molecule has 0 saturated carbocycles. The summed E-state index contributed by atoms with van der Waals surface area (Å²) in [5.41, 5.74) is 2.13. The SMILES string of the molecule is C=CCCCCCCCOc1cccc(OCCCCCCCCCCS(=O)(=O)O)c1-c1ccccc1. The van der Waals surface area contributed by atoms with Crippen molar-refractivity contribution in [2.75, 3.05) is 19.0 Å². The third-order valence-corrected chi connectivity index (χ3v) is 7.22. The first-order valence-corrected chi connectivity index (χ1v) is 15.6. The van der Waals surface area contributed by atoms with E-state index < -0.39 is 10.1 Å². The van der Waals surface area contributed by atoms with Crippen molar-refractivity contribution in [3.8, 4) is 22.6 Å². The summed E-state index contributed by atoms with van der Waals surface area (Å²) in [5, 5.41) is 0. The zero-order valence-electron chi connectivity index (χ0n) is 22.4. The molecule has 0 bridgehead atoms. The van der Waals surface area contributed by atoms with Gasteiger partial charge in [-0.3, -0.25) is 4.55 Å². The highest BCUT2D eigenvalue weighted by Gasteiger charge is 2.13. The summed E-state index contributed by atoms with van der Waals surface area (Å²) in [5.74, 6) is 1.62. The second-order valence-electron chi connectivity index (χ2n) is 9.65. The summed E-state index contributed by atoms with van der Waals surface area (Å²) in [6.07, 6.45) is 16.9. The number of ether oxygens (including phenoxy) is 2. The lowest BCUT2D eigenvalue weighted by atomic mass is 10.0. The van der Waals surface area contributed by atoms with Crippen LogP contribution in [0.4, 0.5) is 0 Å². The van der Waals surface area contributed by atoms with Crippen molar-refractivity contribution in [1.29, 1.82) is 0 Å². The molecule has 2 rings (SSSR count). The second kappa shape index (κ2) is 18.9. The van der Waals surface area contributed by atoms with Gasteiger partial charge >= 0.3 is 0 Å². The Kier molecular flexibility index (Phi) is 15.8. The predicted molar refractivity (Wildman–Crippen MR) is 154 cm³/mol. The number of hydrogen-bond donors (Lipinski definition) is 1. The molecule has 0 unspecified atom stereocenters. The van der Waals surface area contributed by atoms with Crippen LogP contribution in [0, 0.1) is 0 Å². The van der Waals surface area contributed by atoms with E-state index in [0.717, 1.165) is 80.4 Å². The molecule has 0 radical (unpaired) electrons. The summed E-state index contributed by atoms with van der Waals surface area (Å²) in [6.45, 7) is 5.16. The first kappa shape index (κ1) is 30.9. The normalized spacial score (nSPS) is 11.4. The fourth-order valence-corrected chi connectivity index (χ4v) is 4.94. The molecule has 1 N–H and O–H groups in total. The molecule has 0 heterocycles. The highest BCUT2D eigenvalue weighted by atomic mass is 32.2. The van der Waals surface area contributed by atoms with Gasteiger partial charge in [0.15, 0.2) is 0 Å². The molecular weight excluding hydrogens is 484 g/mol. The third-order valence-electron chi connectivity index (χ3n) is 6.41. The van der Waals surface area contributed by atoms with Gasteiger partial charge in [0.05, 0.1) is 24.5 Å².